The second-order valence-corrected chi connectivity index (χ2v) is 7.79. The highest BCUT2D eigenvalue weighted by atomic mass is 15.0. The van der Waals surface area contributed by atoms with E-state index in [2.05, 4.69) is 127 Å². The number of pyridine rings is 1. The van der Waals surface area contributed by atoms with Gasteiger partial charge in [-0.1, -0.05) is 96.6 Å². The van der Waals surface area contributed by atoms with Crippen molar-refractivity contribution < 1.29 is 4.57 Å². The topological polar surface area (TPSA) is 3.88 Å². The second kappa shape index (κ2) is 7.96. The summed E-state index contributed by atoms with van der Waals surface area (Å²) in [6, 6.07) is 39.0. The van der Waals surface area contributed by atoms with Crippen molar-refractivity contribution in [1.29, 1.82) is 0 Å². The van der Waals surface area contributed by atoms with E-state index in [1.165, 1.54) is 44.3 Å². The third-order valence-corrected chi connectivity index (χ3v) is 5.60. The highest BCUT2D eigenvalue weighted by Gasteiger charge is 2.23. The van der Waals surface area contributed by atoms with E-state index < -0.39 is 0 Å². The Bertz CT molecular complexity index is 1290. The van der Waals surface area contributed by atoms with Gasteiger partial charge in [0.1, 0.15) is 0 Å². The standard InChI is InChI=1S/C29H24N/c1-22-17-18-26-21-30(20-23-11-5-2-6-12-23)29(25-15-9-4-10-16-25)28(27(26)19-22)24-13-7-3-8-14-24/h2-19,21H,20H2,1H3/q+1. The Morgan fingerprint density at radius 3 is 1.90 bits per heavy atom. The molecule has 0 atom stereocenters. The van der Waals surface area contributed by atoms with Gasteiger partial charge in [0, 0.05) is 21.9 Å². The van der Waals surface area contributed by atoms with E-state index in [0.717, 1.165) is 6.54 Å². The number of benzene rings is 4. The van der Waals surface area contributed by atoms with Crippen LogP contribution in [0.5, 0.6) is 0 Å². The zero-order chi connectivity index (χ0) is 20.3. The first-order chi connectivity index (χ1) is 14.8. The first kappa shape index (κ1) is 18.3. The fraction of sp³-hybridized carbons (Fsp3) is 0.0690. The van der Waals surface area contributed by atoms with Crippen LogP contribution in [0.3, 0.4) is 0 Å². The number of aryl methyl sites for hydroxylation is 1. The largest absolute Gasteiger partial charge is 0.221 e. The number of rotatable bonds is 4. The summed E-state index contributed by atoms with van der Waals surface area (Å²) in [7, 11) is 0. The predicted molar refractivity (Wildman–Crippen MR) is 125 cm³/mol. The molecule has 0 aliphatic carbocycles. The molecule has 0 N–H and O–H groups in total. The van der Waals surface area contributed by atoms with E-state index in [9.17, 15) is 0 Å². The maximum Gasteiger partial charge on any atom is 0.221 e. The molecule has 5 aromatic rings. The van der Waals surface area contributed by atoms with E-state index in [1.54, 1.807) is 0 Å². The molecule has 0 saturated carbocycles. The number of fused-ring (bicyclic) bond motifs is 1. The van der Waals surface area contributed by atoms with Gasteiger partial charge in [-0.25, -0.2) is 0 Å². The van der Waals surface area contributed by atoms with Gasteiger partial charge in [-0.2, -0.15) is 4.57 Å². The summed E-state index contributed by atoms with van der Waals surface area (Å²) in [4.78, 5) is 0. The van der Waals surface area contributed by atoms with Crippen LogP contribution in [0.1, 0.15) is 11.1 Å². The Labute approximate surface area is 177 Å². The first-order valence-corrected chi connectivity index (χ1v) is 10.4. The zero-order valence-corrected chi connectivity index (χ0v) is 17.1. The lowest BCUT2D eigenvalue weighted by atomic mass is 9.92. The lowest BCUT2D eigenvalue weighted by molar-refractivity contribution is -0.675. The van der Waals surface area contributed by atoms with Crippen LogP contribution in [0.4, 0.5) is 0 Å². The minimum Gasteiger partial charge on any atom is -0.193 e. The second-order valence-electron chi connectivity index (χ2n) is 7.79. The summed E-state index contributed by atoms with van der Waals surface area (Å²) in [6.07, 6.45) is 2.30. The van der Waals surface area contributed by atoms with Gasteiger partial charge in [-0.15, -0.1) is 0 Å². The monoisotopic (exact) mass is 386 g/mol. The third-order valence-electron chi connectivity index (χ3n) is 5.60. The molecule has 5 rings (SSSR count). The average molecular weight is 387 g/mol. The molecule has 0 bridgehead atoms. The van der Waals surface area contributed by atoms with Crippen LogP contribution in [0.2, 0.25) is 0 Å². The Morgan fingerprint density at radius 1 is 0.633 bits per heavy atom. The normalized spacial score (nSPS) is 11.0. The summed E-state index contributed by atoms with van der Waals surface area (Å²) in [5.41, 5.74) is 7.59. The summed E-state index contributed by atoms with van der Waals surface area (Å²) in [5, 5.41) is 2.56. The quantitative estimate of drug-likeness (QED) is 0.298. The number of aromatic nitrogens is 1. The molecule has 0 spiro atoms. The molecule has 0 aliphatic heterocycles. The van der Waals surface area contributed by atoms with Gasteiger partial charge >= 0.3 is 0 Å². The number of hydrogen-bond donors (Lipinski definition) is 0. The van der Waals surface area contributed by atoms with Crippen LogP contribution >= 0.6 is 0 Å². The molecule has 4 aromatic carbocycles. The third kappa shape index (κ3) is 3.51. The maximum atomic E-state index is 2.41. The highest BCUT2D eigenvalue weighted by Crippen LogP contribution is 2.36. The van der Waals surface area contributed by atoms with Crippen molar-refractivity contribution in [1.82, 2.24) is 0 Å². The SMILES string of the molecule is Cc1ccc2c[n+](Cc3ccccc3)c(-c3ccccc3)c(-c3ccccc3)c2c1. The molecule has 30 heavy (non-hydrogen) atoms. The van der Waals surface area contributed by atoms with Crippen molar-refractivity contribution in [2.24, 2.45) is 0 Å². The fourth-order valence-corrected chi connectivity index (χ4v) is 4.21. The zero-order valence-electron chi connectivity index (χ0n) is 17.1. The molecule has 0 amide bonds. The Kier molecular flexibility index (Phi) is 4.86. The van der Waals surface area contributed by atoms with E-state index in [-0.39, 0.29) is 0 Å². The maximum absolute atomic E-state index is 2.41. The van der Waals surface area contributed by atoms with Crippen molar-refractivity contribution in [3.8, 4) is 22.4 Å². The molecule has 1 heterocycles. The van der Waals surface area contributed by atoms with Crippen LogP contribution in [0, 0.1) is 6.92 Å². The molecule has 1 aromatic heterocycles. The number of nitrogens with zero attached hydrogens (tertiary/aromatic N) is 1. The van der Waals surface area contributed by atoms with E-state index in [1.807, 2.05) is 0 Å². The van der Waals surface area contributed by atoms with Crippen LogP contribution in [0.15, 0.2) is 115 Å². The molecule has 0 saturated heterocycles. The molecular formula is C29H24N+. The van der Waals surface area contributed by atoms with E-state index >= 15 is 0 Å². The average Bonchev–Trinajstić information content (AvgIpc) is 2.80. The molecule has 144 valence electrons. The Balaban J connectivity index is 1.88. The van der Waals surface area contributed by atoms with Crippen molar-refractivity contribution in [2.75, 3.05) is 0 Å². The molecule has 0 aliphatic rings. The minimum atomic E-state index is 0.828. The van der Waals surface area contributed by atoms with E-state index in [4.69, 9.17) is 0 Å². The lowest BCUT2D eigenvalue weighted by Crippen LogP contribution is -2.37. The van der Waals surface area contributed by atoms with Crippen LogP contribution in [-0.2, 0) is 6.54 Å². The van der Waals surface area contributed by atoms with Gasteiger partial charge in [0.25, 0.3) is 0 Å². The Hall–Kier alpha value is -3.71. The first-order valence-electron chi connectivity index (χ1n) is 10.4. The summed E-state index contributed by atoms with van der Waals surface area (Å²) in [5.74, 6) is 0. The molecular weight excluding hydrogens is 362 g/mol. The van der Waals surface area contributed by atoms with Crippen molar-refractivity contribution in [3.05, 3.63) is 127 Å². The van der Waals surface area contributed by atoms with Crippen molar-refractivity contribution >= 4 is 10.8 Å². The fourth-order valence-electron chi connectivity index (χ4n) is 4.21. The molecule has 1 nitrogen and oxygen atoms in total. The molecule has 0 radical (unpaired) electrons. The van der Waals surface area contributed by atoms with Gasteiger partial charge in [0.2, 0.25) is 5.69 Å². The highest BCUT2D eigenvalue weighted by molar-refractivity contribution is 6.01. The molecule has 1 heteroatoms. The summed E-state index contributed by atoms with van der Waals surface area (Å²) >= 11 is 0. The number of hydrogen-bond acceptors (Lipinski definition) is 0. The van der Waals surface area contributed by atoms with E-state index in [0.29, 0.717) is 0 Å². The van der Waals surface area contributed by atoms with Gasteiger partial charge in [-0.05, 0) is 30.7 Å². The summed E-state index contributed by atoms with van der Waals surface area (Å²) < 4.78 is 2.41. The minimum absolute atomic E-state index is 0.828. The van der Waals surface area contributed by atoms with Crippen molar-refractivity contribution in [2.45, 2.75) is 13.5 Å². The van der Waals surface area contributed by atoms with Crippen LogP contribution in [-0.4, -0.2) is 0 Å². The summed E-state index contributed by atoms with van der Waals surface area (Å²) in [6.45, 7) is 3.00. The van der Waals surface area contributed by atoms with Gasteiger partial charge in [0.05, 0.1) is 5.56 Å². The smallest absolute Gasteiger partial charge is 0.193 e. The van der Waals surface area contributed by atoms with Crippen LogP contribution < -0.4 is 4.57 Å². The Morgan fingerprint density at radius 2 is 1.23 bits per heavy atom. The molecule has 0 fully saturated rings. The van der Waals surface area contributed by atoms with Gasteiger partial charge in [-0.3, -0.25) is 0 Å². The molecule has 0 unspecified atom stereocenters. The predicted octanol–water partition coefficient (Wildman–Crippen LogP) is 6.82. The van der Waals surface area contributed by atoms with Gasteiger partial charge < -0.3 is 0 Å². The van der Waals surface area contributed by atoms with Gasteiger partial charge in [0.15, 0.2) is 12.7 Å². The lowest BCUT2D eigenvalue weighted by Gasteiger charge is -2.14. The van der Waals surface area contributed by atoms with Crippen LogP contribution in [0.25, 0.3) is 33.2 Å². The van der Waals surface area contributed by atoms with Crippen molar-refractivity contribution in [3.63, 3.8) is 0 Å².